The number of pyridine rings is 1. The van der Waals surface area contributed by atoms with Gasteiger partial charge in [-0.1, -0.05) is 29.8 Å². The molecule has 0 radical (unpaired) electrons. The number of hydrogen-bond donors (Lipinski definition) is 2. The molecule has 0 unspecified atom stereocenters. The van der Waals surface area contributed by atoms with Crippen molar-refractivity contribution in [2.75, 3.05) is 18.5 Å². The maximum absolute atomic E-state index is 11.7. The molecule has 5 nitrogen and oxygen atoms in total. The number of amides is 2. The molecule has 2 rings (SSSR count). The van der Waals surface area contributed by atoms with E-state index in [1.54, 1.807) is 12.3 Å². The molecule has 0 fully saturated rings. The number of halogens is 1. The Morgan fingerprint density at radius 2 is 2.09 bits per heavy atom. The quantitative estimate of drug-likeness (QED) is 0.799. The van der Waals surface area contributed by atoms with Crippen molar-refractivity contribution in [3.8, 4) is 5.75 Å². The zero-order valence-corrected chi connectivity index (χ0v) is 13.1. The lowest BCUT2D eigenvalue weighted by molar-refractivity contribution is 0.250. The molecule has 0 atom stereocenters. The van der Waals surface area contributed by atoms with Crippen LogP contribution in [0.25, 0.3) is 0 Å². The number of ether oxygens (including phenoxy) is 1. The topological polar surface area (TPSA) is 63.2 Å². The summed E-state index contributed by atoms with van der Waals surface area (Å²) in [6.45, 7) is 2.87. The van der Waals surface area contributed by atoms with Crippen LogP contribution in [0.3, 0.4) is 0 Å². The second kappa shape index (κ2) is 8.24. The molecule has 0 aliphatic carbocycles. The number of aryl methyl sites for hydroxylation is 1. The number of nitrogens with one attached hydrogen (secondary N) is 2. The molecule has 0 aliphatic heterocycles. The highest BCUT2D eigenvalue weighted by Gasteiger charge is 2.04. The molecule has 6 heteroatoms. The van der Waals surface area contributed by atoms with Crippen molar-refractivity contribution < 1.29 is 9.53 Å². The van der Waals surface area contributed by atoms with Gasteiger partial charge in [0.2, 0.25) is 0 Å². The zero-order chi connectivity index (χ0) is 15.8. The second-order valence-corrected chi connectivity index (χ2v) is 5.09. The van der Waals surface area contributed by atoms with Crippen LogP contribution in [0.5, 0.6) is 5.75 Å². The summed E-state index contributed by atoms with van der Waals surface area (Å²) >= 11 is 5.98. The number of benzene rings is 1. The highest BCUT2D eigenvalue weighted by Crippen LogP contribution is 2.22. The van der Waals surface area contributed by atoms with Gasteiger partial charge in [-0.15, -0.1) is 0 Å². The fraction of sp³-hybridized carbons (Fsp3) is 0.250. The molecule has 1 aromatic carbocycles. The van der Waals surface area contributed by atoms with Crippen LogP contribution < -0.4 is 15.4 Å². The molecule has 0 saturated heterocycles. The van der Waals surface area contributed by atoms with E-state index in [0.29, 0.717) is 36.2 Å². The molecule has 1 aromatic heterocycles. The predicted molar refractivity (Wildman–Crippen MR) is 87.6 cm³/mol. The molecular weight excluding hydrogens is 302 g/mol. The summed E-state index contributed by atoms with van der Waals surface area (Å²) in [5, 5.41) is 6.04. The van der Waals surface area contributed by atoms with E-state index in [2.05, 4.69) is 15.6 Å². The molecule has 116 valence electrons. The van der Waals surface area contributed by atoms with Gasteiger partial charge in [0.05, 0.1) is 11.6 Å². The Morgan fingerprint density at radius 1 is 1.27 bits per heavy atom. The Kier molecular flexibility index (Phi) is 6.03. The minimum atomic E-state index is -0.278. The van der Waals surface area contributed by atoms with E-state index >= 15 is 0 Å². The summed E-state index contributed by atoms with van der Waals surface area (Å²) in [7, 11) is 0. The molecule has 0 aliphatic rings. The Morgan fingerprint density at radius 3 is 2.86 bits per heavy atom. The van der Waals surface area contributed by atoms with Gasteiger partial charge < -0.3 is 10.1 Å². The van der Waals surface area contributed by atoms with Gasteiger partial charge in [-0.3, -0.25) is 5.32 Å². The molecule has 1 heterocycles. The highest BCUT2D eigenvalue weighted by molar-refractivity contribution is 6.32. The number of aromatic nitrogens is 1. The van der Waals surface area contributed by atoms with Crippen LogP contribution in [-0.4, -0.2) is 24.2 Å². The minimum absolute atomic E-state index is 0.278. The summed E-state index contributed by atoms with van der Waals surface area (Å²) < 4.78 is 5.54. The molecule has 0 bridgehead atoms. The van der Waals surface area contributed by atoms with E-state index in [0.717, 1.165) is 5.56 Å². The van der Waals surface area contributed by atoms with E-state index < -0.39 is 0 Å². The molecule has 2 aromatic rings. The third-order valence-electron chi connectivity index (χ3n) is 2.94. The van der Waals surface area contributed by atoms with E-state index in [9.17, 15) is 4.79 Å². The lowest BCUT2D eigenvalue weighted by atomic mass is 10.3. The van der Waals surface area contributed by atoms with Crippen molar-refractivity contribution in [1.29, 1.82) is 0 Å². The summed E-state index contributed by atoms with van der Waals surface area (Å²) in [6.07, 6.45) is 2.32. The van der Waals surface area contributed by atoms with Crippen LogP contribution in [0.15, 0.2) is 42.6 Å². The summed E-state index contributed by atoms with van der Waals surface area (Å²) in [5.41, 5.74) is 0.916. The van der Waals surface area contributed by atoms with Crippen LogP contribution in [0, 0.1) is 6.92 Å². The number of urea groups is 1. The van der Waals surface area contributed by atoms with E-state index in [1.807, 2.05) is 37.3 Å². The van der Waals surface area contributed by atoms with E-state index in [4.69, 9.17) is 16.3 Å². The molecule has 2 amide bonds. The van der Waals surface area contributed by atoms with Crippen LogP contribution in [0.2, 0.25) is 5.02 Å². The maximum Gasteiger partial charge on any atom is 0.320 e. The van der Waals surface area contributed by atoms with Gasteiger partial charge in [-0.05, 0) is 37.1 Å². The minimum Gasteiger partial charge on any atom is -0.492 e. The van der Waals surface area contributed by atoms with Gasteiger partial charge >= 0.3 is 6.03 Å². The third-order valence-corrected chi connectivity index (χ3v) is 3.25. The number of anilines is 1. The Labute approximate surface area is 134 Å². The lowest BCUT2D eigenvalue weighted by Crippen LogP contribution is -2.30. The van der Waals surface area contributed by atoms with Crippen molar-refractivity contribution in [3.63, 3.8) is 0 Å². The van der Waals surface area contributed by atoms with Crippen molar-refractivity contribution in [2.45, 2.75) is 13.3 Å². The summed E-state index contributed by atoms with van der Waals surface area (Å²) in [4.78, 5) is 15.8. The molecule has 22 heavy (non-hydrogen) atoms. The van der Waals surface area contributed by atoms with E-state index in [-0.39, 0.29) is 6.03 Å². The maximum atomic E-state index is 11.7. The van der Waals surface area contributed by atoms with Gasteiger partial charge in [0, 0.05) is 12.7 Å². The first kappa shape index (κ1) is 16.1. The molecule has 2 N–H and O–H groups in total. The van der Waals surface area contributed by atoms with Crippen molar-refractivity contribution in [3.05, 3.63) is 53.2 Å². The normalized spacial score (nSPS) is 10.1. The third kappa shape index (κ3) is 4.93. The first-order chi connectivity index (χ1) is 10.7. The number of hydrogen-bond acceptors (Lipinski definition) is 3. The second-order valence-electron chi connectivity index (χ2n) is 4.68. The SMILES string of the molecule is Cc1cccnc1NC(=O)NCCCOc1ccccc1Cl. The Bertz CT molecular complexity index is 634. The largest absolute Gasteiger partial charge is 0.492 e. The number of carbonyl (C=O) groups is 1. The van der Waals surface area contributed by atoms with Crippen LogP contribution in [-0.2, 0) is 0 Å². The standard InChI is InChI=1S/C16H18ClN3O2/c1-12-6-4-9-18-15(12)20-16(21)19-10-5-11-22-14-8-3-2-7-13(14)17/h2-4,6-9H,5,10-11H2,1H3,(H2,18,19,20,21). The Hall–Kier alpha value is -2.27. The lowest BCUT2D eigenvalue weighted by Gasteiger charge is -2.10. The monoisotopic (exact) mass is 319 g/mol. The van der Waals surface area contributed by atoms with Gasteiger partial charge in [0.25, 0.3) is 0 Å². The summed E-state index contributed by atoms with van der Waals surface area (Å²) in [6, 6.07) is 10.7. The number of para-hydroxylation sites is 1. The van der Waals surface area contributed by atoms with Gasteiger partial charge in [0.15, 0.2) is 0 Å². The predicted octanol–water partition coefficient (Wildman–Crippen LogP) is 3.63. The molecule has 0 saturated carbocycles. The smallest absolute Gasteiger partial charge is 0.320 e. The average Bonchev–Trinajstić information content (AvgIpc) is 2.51. The average molecular weight is 320 g/mol. The fourth-order valence-corrected chi connectivity index (χ4v) is 1.98. The van der Waals surface area contributed by atoms with Gasteiger partial charge in [-0.2, -0.15) is 0 Å². The Balaban J connectivity index is 1.65. The highest BCUT2D eigenvalue weighted by atomic mass is 35.5. The number of rotatable bonds is 6. The van der Waals surface area contributed by atoms with Crippen LogP contribution in [0.1, 0.15) is 12.0 Å². The zero-order valence-electron chi connectivity index (χ0n) is 12.3. The van der Waals surface area contributed by atoms with Crippen molar-refractivity contribution in [2.24, 2.45) is 0 Å². The van der Waals surface area contributed by atoms with Crippen LogP contribution >= 0.6 is 11.6 Å². The molecule has 0 spiro atoms. The van der Waals surface area contributed by atoms with E-state index in [1.165, 1.54) is 0 Å². The van der Waals surface area contributed by atoms with Crippen molar-refractivity contribution >= 4 is 23.4 Å². The van der Waals surface area contributed by atoms with Crippen molar-refractivity contribution in [1.82, 2.24) is 10.3 Å². The van der Waals surface area contributed by atoms with Gasteiger partial charge in [-0.25, -0.2) is 9.78 Å². The first-order valence-corrected chi connectivity index (χ1v) is 7.38. The fourth-order valence-electron chi connectivity index (χ4n) is 1.79. The molecular formula is C16H18ClN3O2. The van der Waals surface area contributed by atoms with Crippen LogP contribution in [0.4, 0.5) is 10.6 Å². The number of carbonyl (C=O) groups excluding carboxylic acids is 1. The first-order valence-electron chi connectivity index (χ1n) is 7.00. The van der Waals surface area contributed by atoms with Gasteiger partial charge in [0.1, 0.15) is 11.6 Å². The number of nitrogens with zero attached hydrogens (tertiary/aromatic N) is 1. The summed E-state index contributed by atoms with van der Waals surface area (Å²) in [5.74, 6) is 1.21.